The van der Waals surface area contributed by atoms with Crippen molar-refractivity contribution in [3.63, 3.8) is 0 Å². The van der Waals surface area contributed by atoms with Crippen LogP contribution in [0.25, 0.3) is 0 Å². The van der Waals surface area contributed by atoms with Gasteiger partial charge in [-0.25, -0.2) is 9.68 Å². The highest BCUT2D eigenvalue weighted by Crippen LogP contribution is 2.36. The molecule has 1 aromatic carbocycles. The Labute approximate surface area is 119 Å². The second-order valence-electron chi connectivity index (χ2n) is 6.12. The van der Waals surface area contributed by atoms with Crippen LogP contribution in [0, 0.1) is 12.0 Å². The summed E-state index contributed by atoms with van der Waals surface area (Å²) in [5, 5.41) is 1.26. The second kappa shape index (κ2) is 4.41. The van der Waals surface area contributed by atoms with Crippen LogP contribution in [0.2, 0.25) is 0 Å². The van der Waals surface area contributed by atoms with E-state index in [-0.39, 0.29) is 0 Å². The molecule has 3 rings (SSSR count). The normalized spacial score (nSPS) is 21.9. The molecule has 0 aliphatic carbocycles. The van der Waals surface area contributed by atoms with Crippen molar-refractivity contribution in [1.29, 1.82) is 0 Å². The van der Waals surface area contributed by atoms with E-state index < -0.39 is 11.2 Å². The first-order valence-corrected chi connectivity index (χ1v) is 6.83. The van der Waals surface area contributed by atoms with Gasteiger partial charge in [-0.1, -0.05) is 11.3 Å². The third kappa shape index (κ3) is 2.24. The van der Waals surface area contributed by atoms with Gasteiger partial charge in [0.2, 0.25) is 0 Å². The van der Waals surface area contributed by atoms with Gasteiger partial charge in [0, 0.05) is 12.0 Å². The standard InChI is InChI=1S/C16H19NO3/c1-15(2)16(3,4)20-17(19-15)9-7-12-5-6-13-8-10-18-14(13)11-12/h5-6,11H,8,10H2,1-4H3. The second-order valence-corrected chi connectivity index (χ2v) is 6.12. The summed E-state index contributed by atoms with van der Waals surface area (Å²) >= 11 is 0. The molecular weight excluding hydrogens is 254 g/mol. The molecule has 0 amide bonds. The van der Waals surface area contributed by atoms with Crippen LogP contribution >= 0.6 is 0 Å². The zero-order chi connectivity index (χ0) is 14.4. The van der Waals surface area contributed by atoms with Crippen molar-refractivity contribution in [2.75, 3.05) is 6.61 Å². The van der Waals surface area contributed by atoms with Crippen LogP contribution in [0.1, 0.15) is 38.8 Å². The lowest BCUT2D eigenvalue weighted by Crippen LogP contribution is -2.41. The van der Waals surface area contributed by atoms with E-state index in [0.29, 0.717) is 0 Å². The fraction of sp³-hybridized carbons (Fsp3) is 0.500. The summed E-state index contributed by atoms with van der Waals surface area (Å²) in [6, 6.07) is 8.90. The van der Waals surface area contributed by atoms with Crippen molar-refractivity contribution in [3.8, 4) is 17.7 Å². The number of nitrogens with zero attached hydrogens (tertiary/aromatic N) is 1. The van der Waals surface area contributed by atoms with Gasteiger partial charge in [0.15, 0.2) is 0 Å². The lowest BCUT2D eigenvalue weighted by molar-refractivity contribution is -0.282. The lowest BCUT2D eigenvalue weighted by Gasteiger charge is -2.26. The van der Waals surface area contributed by atoms with E-state index in [2.05, 4.69) is 18.0 Å². The summed E-state index contributed by atoms with van der Waals surface area (Å²) in [6.45, 7) is 8.69. The maximum atomic E-state index is 5.68. The fourth-order valence-corrected chi connectivity index (χ4v) is 2.05. The van der Waals surface area contributed by atoms with E-state index in [1.165, 1.54) is 10.8 Å². The Balaban J connectivity index is 1.77. The average Bonchev–Trinajstić information content (AvgIpc) is 2.89. The van der Waals surface area contributed by atoms with Gasteiger partial charge in [-0.2, -0.15) is 0 Å². The first kappa shape index (κ1) is 13.3. The molecule has 0 N–H and O–H groups in total. The molecule has 0 aromatic heterocycles. The van der Waals surface area contributed by atoms with Crippen molar-refractivity contribution in [1.82, 2.24) is 5.23 Å². The Kier molecular flexibility index (Phi) is 2.93. The smallest absolute Gasteiger partial charge is 0.125 e. The van der Waals surface area contributed by atoms with Crippen LogP contribution in [0.5, 0.6) is 5.75 Å². The van der Waals surface area contributed by atoms with Crippen LogP contribution in [0.15, 0.2) is 18.2 Å². The molecule has 4 nitrogen and oxygen atoms in total. The van der Waals surface area contributed by atoms with Crippen molar-refractivity contribution in [2.24, 2.45) is 0 Å². The van der Waals surface area contributed by atoms with Gasteiger partial charge in [-0.15, -0.1) is 0 Å². The number of fused-ring (bicyclic) bond motifs is 1. The third-order valence-electron chi connectivity index (χ3n) is 4.06. The fourth-order valence-electron chi connectivity index (χ4n) is 2.05. The predicted molar refractivity (Wildman–Crippen MR) is 74.7 cm³/mol. The topological polar surface area (TPSA) is 30.9 Å². The quantitative estimate of drug-likeness (QED) is 0.680. The van der Waals surface area contributed by atoms with E-state index in [0.717, 1.165) is 24.3 Å². The van der Waals surface area contributed by atoms with Crippen LogP contribution < -0.4 is 4.74 Å². The highest BCUT2D eigenvalue weighted by Gasteiger charge is 2.49. The van der Waals surface area contributed by atoms with Crippen molar-refractivity contribution in [3.05, 3.63) is 29.3 Å². The van der Waals surface area contributed by atoms with Gasteiger partial charge in [0.05, 0.1) is 12.7 Å². The zero-order valence-corrected chi connectivity index (χ0v) is 12.3. The molecule has 1 aromatic rings. The summed E-state index contributed by atoms with van der Waals surface area (Å²) < 4.78 is 5.53. The number of rotatable bonds is 0. The first-order valence-electron chi connectivity index (χ1n) is 6.83. The Morgan fingerprint density at radius 3 is 2.50 bits per heavy atom. The van der Waals surface area contributed by atoms with Gasteiger partial charge < -0.3 is 4.74 Å². The van der Waals surface area contributed by atoms with E-state index in [9.17, 15) is 0 Å². The molecule has 106 valence electrons. The zero-order valence-electron chi connectivity index (χ0n) is 12.3. The average molecular weight is 273 g/mol. The number of benzene rings is 1. The predicted octanol–water partition coefficient (Wildman–Crippen LogP) is 2.67. The van der Waals surface area contributed by atoms with Crippen LogP contribution in [-0.2, 0) is 16.1 Å². The van der Waals surface area contributed by atoms with E-state index in [4.69, 9.17) is 14.4 Å². The number of ether oxygens (including phenoxy) is 1. The highest BCUT2D eigenvalue weighted by molar-refractivity contribution is 5.46. The minimum atomic E-state index is -0.414. The molecule has 0 atom stereocenters. The first-order chi connectivity index (χ1) is 9.37. The van der Waals surface area contributed by atoms with E-state index in [1.807, 2.05) is 39.8 Å². The molecule has 2 aliphatic rings. The molecule has 0 spiro atoms. The SMILES string of the molecule is CC1(C)ON(C#Cc2ccc3c(c2)OCC3)OC1(C)C. The molecule has 20 heavy (non-hydrogen) atoms. The van der Waals surface area contributed by atoms with E-state index >= 15 is 0 Å². The summed E-state index contributed by atoms with van der Waals surface area (Å²) in [6.07, 6.45) is 0.976. The minimum Gasteiger partial charge on any atom is -0.493 e. The third-order valence-corrected chi connectivity index (χ3v) is 4.06. The Bertz CT molecular complexity index is 579. The molecule has 0 bridgehead atoms. The molecular formula is C16H19NO3. The largest absolute Gasteiger partial charge is 0.493 e. The number of hydrogen-bond donors (Lipinski definition) is 0. The monoisotopic (exact) mass is 273 g/mol. The minimum absolute atomic E-state index is 0.414. The van der Waals surface area contributed by atoms with E-state index in [1.54, 1.807) is 0 Å². The Morgan fingerprint density at radius 2 is 1.80 bits per heavy atom. The summed E-state index contributed by atoms with van der Waals surface area (Å²) in [4.78, 5) is 11.4. The lowest BCUT2D eigenvalue weighted by atomic mass is 9.90. The van der Waals surface area contributed by atoms with Crippen LogP contribution in [-0.4, -0.2) is 23.0 Å². The highest BCUT2D eigenvalue weighted by atomic mass is 17.0. The van der Waals surface area contributed by atoms with Gasteiger partial charge >= 0.3 is 0 Å². The van der Waals surface area contributed by atoms with Gasteiger partial charge in [-0.05, 0) is 51.3 Å². The maximum Gasteiger partial charge on any atom is 0.125 e. The van der Waals surface area contributed by atoms with Crippen molar-refractivity contribution >= 4 is 0 Å². The molecule has 2 heterocycles. The molecule has 1 fully saturated rings. The summed E-state index contributed by atoms with van der Waals surface area (Å²) in [5.41, 5.74) is 1.30. The van der Waals surface area contributed by atoms with Gasteiger partial charge in [0.25, 0.3) is 0 Å². The molecule has 0 unspecified atom stereocenters. The summed E-state index contributed by atoms with van der Waals surface area (Å²) in [7, 11) is 0. The molecule has 4 heteroatoms. The molecule has 2 aliphatic heterocycles. The summed E-state index contributed by atoms with van der Waals surface area (Å²) in [5.74, 6) is 3.97. The number of hydroxylamine groups is 2. The van der Waals surface area contributed by atoms with Crippen LogP contribution in [0.4, 0.5) is 0 Å². The Hall–Kier alpha value is -1.70. The molecule has 0 saturated carbocycles. The number of hydrogen-bond acceptors (Lipinski definition) is 4. The van der Waals surface area contributed by atoms with Crippen molar-refractivity contribution in [2.45, 2.75) is 45.3 Å². The molecule has 1 saturated heterocycles. The maximum absolute atomic E-state index is 5.68. The van der Waals surface area contributed by atoms with Crippen molar-refractivity contribution < 1.29 is 14.4 Å². The van der Waals surface area contributed by atoms with Gasteiger partial charge in [-0.3, -0.25) is 0 Å². The van der Waals surface area contributed by atoms with Gasteiger partial charge in [0.1, 0.15) is 17.0 Å². The van der Waals surface area contributed by atoms with Crippen LogP contribution in [0.3, 0.4) is 0 Å². The Morgan fingerprint density at radius 1 is 1.10 bits per heavy atom. The molecule has 0 radical (unpaired) electrons.